The molecule has 0 aliphatic rings. The summed E-state index contributed by atoms with van der Waals surface area (Å²) >= 11 is 8.76. The maximum atomic E-state index is 5.21. The van der Waals surface area contributed by atoms with Gasteiger partial charge in [-0.1, -0.05) is 15.9 Å². The van der Waals surface area contributed by atoms with Crippen LogP contribution in [0.15, 0.2) is 16.6 Å². The van der Waals surface area contributed by atoms with Gasteiger partial charge >= 0.3 is 0 Å². The summed E-state index contributed by atoms with van der Waals surface area (Å²) in [5, 5.41) is 6.90. The average Bonchev–Trinajstić information content (AvgIpc) is 2.54. The fraction of sp³-hybridized carbons (Fsp3) is 0.273. The summed E-state index contributed by atoms with van der Waals surface area (Å²) in [4.78, 5) is 0. The maximum Gasteiger partial charge on any atom is 0.199 e. The van der Waals surface area contributed by atoms with Crippen LogP contribution < -0.4 is 0 Å². The number of aromatic nitrogens is 3. The van der Waals surface area contributed by atoms with E-state index < -0.39 is 0 Å². The molecule has 3 nitrogen and oxygen atoms in total. The molecule has 0 amide bonds. The van der Waals surface area contributed by atoms with Crippen LogP contribution in [0.25, 0.3) is 5.69 Å². The second kappa shape index (κ2) is 4.14. The van der Waals surface area contributed by atoms with Crippen LogP contribution in [0.4, 0.5) is 0 Å². The summed E-state index contributed by atoms with van der Waals surface area (Å²) in [6.07, 6.45) is 0. The summed E-state index contributed by atoms with van der Waals surface area (Å²) in [5.41, 5.74) is 3.43. The van der Waals surface area contributed by atoms with E-state index >= 15 is 0 Å². The minimum absolute atomic E-state index is 0.624. The largest absolute Gasteiger partial charge is 0.272 e. The highest BCUT2D eigenvalue weighted by molar-refractivity contribution is 9.10. The molecule has 84 valence electrons. The Hall–Kier alpha value is -0.940. The fourth-order valence-electron chi connectivity index (χ4n) is 1.73. The van der Waals surface area contributed by atoms with Gasteiger partial charge in [-0.2, -0.15) is 5.10 Å². The van der Waals surface area contributed by atoms with Crippen molar-refractivity contribution in [1.82, 2.24) is 14.8 Å². The molecule has 0 aliphatic heterocycles. The minimum Gasteiger partial charge on any atom is -0.272 e. The second-order valence-electron chi connectivity index (χ2n) is 3.80. The molecule has 0 radical (unpaired) electrons. The summed E-state index contributed by atoms with van der Waals surface area (Å²) in [7, 11) is 0. The van der Waals surface area contributed by atoms with Gasteiger partial charge in [0, 0.05) is 4.47 Å². The first-order valence-electron chi connectivity index (χ1n) is 4.92. The van der Waals surface area contributed by atoms with Crippen molar-refractivity contribution in [3.8, 4) is 5.69 Å². The molecule has 0 bridgehead atoms. The van der Waals surface area contributed by atoms with Gasteiger partial charge in [0.1, 0.15) is 5.82 Å². The first-order valence-corrected chi connectivity index (χ1v) is 6.12. The molecule has 1 N–H and O–H groups in total. The van der Waals surface area contributed by atoms with Gasteiger partial charge in [-0.05, 0) is 56.2 Å². The molecule has 5 heteroatoms. The van der Waals surface area contributed by atoms with Gasteiger partial charge in [-0.3, -0.25) is 9.67 Å². The highest BCUT2D eigenvalue weighted by atomic mass is 79.9. The van der Waals surface area contributed by atoms with E-state index in [4.69, 9.17) is 12.2 Å². The number of hydrogen-bond donors (Lipinski definition) is 1. The number of nitrogens with one attached hydrogen (secondary N) is 1. The monoisotopic (exact) mass is 297 g/mol. The Morgan fingerprint density at radius 3 is 2.25 bits per heavy atom. The van der Waals surface area contributed by atoms with Crippen LogP contribution in [0.1, 0.15) is 17.0 Å². The third-order valence-electron chi connectivity index (χ3n) is 2.52. The van der Waals surface area contributed by atoms with Crippen LogP contribution in [0.5, 0.6) is 0 Å². The van der Waals surface area contributed by atoms with Gasteiger partial charge in [0.2, 0.25) is 0 Å². The first-order chi connectivity index (χ1) is 7.50. The molecule has 16 heavy (non-hydrogen) atoms. The van der Waals surface area contributed by atoms with Crippen LogP contribution in [0.2, 0.25) is 0 Å². The second-order valence-corrected chi connectivity index (χ2v) is 4.98. The van der Waals surface area contributed by atoms with Gasteiger partial charge in [-0.15, -0.1) is 0 Å². The predicted molar refractivity (Wildman–Crippen MR) is 70.7 cm³/mol. The lowest BCUT2D eigenvalue weighted by Gasteiger charge is -2.09. The van der Waals surface area contributed by atoms with Crippen molar-refractivity contribution in [1.29, 1.82) is 0 Å². The first kappa shape index (κ1) is 11.5. The zero-order valence-electron chi connectivity index (χ0n) is 9.34. The van der Waals surface area contributed by atoms with E-state index in [9.17, 15) is 0 Å². The lowest BCUT2D eigenvalue weighted by atomic mass is 10.1. The molecule has 0 saturated heterocycles. The van der Waals surface area contributed by atoms with Crippen molar-refractivity contribution in [2.75, 3.05) is 0 Å². The van der Waals surface area contributed by atoms with E-state index in [0.717, 1.165) is 16.0 Å². The summed E-state index contributed by atoms with van der Waals surface area (Å²) in [5.74, 6) is 0.867. The maximum absolute atomic E-state index is 5.21. The number of H-pyrrole nitrogens is 1. The minimum atomic E-state index is 0.624. The lowest BCUT2D eigenvalue weighted by molar-refractivity contribution is 0.958. The molecule has 1 aromatic heterocycles. The predicted octanol–water partition coefficient (Wildman–Crippen LogP) is 3.62. The molecule has 1 heterocycles. The SMILES string of the molecule is Cc1cc(-n2c(C)n[nH]c2=S)cc(C)c1Br. The van der Waals surface area contributed by atoms with Crippen molar-refractivity contribution in [3.05, 3.63) is 38.3 Å². The third kappa shape index (κ3) is 1.85. The Morgan fingerprint density at radius 2 is 1.81 bits per heavy atom. The summed E-state index contributed by atoms with van der Waals surface area (Å²) < 4.78 is 3.70. The standard InChI is InChI=1S/C11H12BrN3S/c1-6-4-9(5-7(2)10(6)12)15-8(3)13-14-11(15)16/h4-5H,1-3H3,(H,14,16). The van der Waals surface area contributed by atoms with E-state index in [1.165, 1.54) is 11.1 Å². The molecule has 0 unspecified atom stereocenters. The summed E-state index contributed by atoms with van der Waals surface area (Å²) in [6, 6.07) is 4.19. The number of rotatable bonds is 1. The molecular weight excluding hydrogens is 286 g/mol. The smallest absolute Gasteiger partial charge is 0.199 e. The van der Waals surface area contributed by atoms with E-state index in [1.54, 1.807) is 0 Å². The zero-order chi connectivity index (χ0) is 11.9. The zero-order valence-corrected chi connectivity index (χ0v) is 11.7. The molecule has 2 rings (SSSR count). The molecule has 2 aromatic rings. The fourth-order valence-corrected chi connectivity index (χ4v) is 2.24. The van der Waals surface area contributed by atoms with Crippen molar-refractivity contribution in [2.24, 2.45) is 0 Å². The lowest BCUT2D eigenvalue weighted by Crippen LogP contribution is -1.99. The number of halogens is 1. The Bertz CT molecular complexity index is 575. The van der Waals surface area contributed by atoms with Crippen LogP contribution in [0, 0.1) is 25.5 Å². The molecule has 0 aliphatic carbocycles. The third-order valence-corrected chi connectivity index (χ3v) is 4.04. The molecule has 0 spiro atoms. The van der Waals surface area contributed by atoms with Gasteiger partial charge in [-0.25, -0.2) is 0 Å². The number of aromatic amines is 1. The molecule has 0 saturated carbocycles. The quantitative estimate of drug-likeness (QED) is 0.816. The van der Waals surface area contributed by atoms with Crippen molar-refractivity contribution >= 4 is 28.1 Å². The number of benzene rings is 1. The van der Waals surface area contributed by atoms with Crippen LogP contribution in [-0.2, 0) is 0 Å². The van der Waals surface area contributed by atoms with Crippen molar-refractivity contribution in [2.45, 2.75) is 20.8 Å². The van der Waals surface area contributed by atoms with E-state index in [0.29, 0.717) is 4.77 Å². The Balaban J connectivity index is 2.71. The van der Waals surface area contributed by atoms with Crippen LogP contribution >= 0.6 is 28.1 Å². The van der Waals surface area contributed by atoms with E-state index in [-0.39, 0.29) is 0 Å². The average molecular weight is 298 g/mol. The number of aryl methyl sites for hydroxylation is 3. The van der Waals surface area contributed by atoms with Gasteiger partial charge in [0.25, 0.3) is 0 Å². The summed E-state index contributed by atoms with van der Waals surface area (Å²) in [6.45, 7) is 6.07. The normalized spacial score (nSPS) is 10.8. The molecule has 0 atom stereocenters. The Labute approximate surface area is 108 Å². The van der Waals surface area contributed by atoms with E-state index in [1.807, 2.05) is 11.5 Å². The highest BCUT2D eigenvalue weighted by Crippen LogP contribution is 2.24. The molecule has 1 aromatic carbocycles. The van der Waals surface area contributed by atoms with Crippen LogP contribution in [-0.4, -0.2) is 14.8 Å². The van der Waals surface area contributed by atoms with Gasteiger partial charge < -0.3 is 0 Å². The van der Waals surface area contributed by atoms with Gasteiger partial charge in [0.05, 0.1) is 5.69 Å². The van der Waals surface area contributed by atoms with E-state index in [2.05, 4.69) is 52.1 Å². The molecular formula is C11H12BrN3S. The Morgan fingerprint density at radius 1 is 1.25 bits per heavy atom. The van der Waals surface area contributed by atoms with Gasteiger partial charge in [0.15, 0.2) is 4.77 Å². The van der Waals surface area contributed by atoms with Crippen LogP contribution in [0.3, 0.4) is 0 Å². The highest BCUT2D eigenvalue weighted by Gasteiger charge is 2.07. The van der Waals surface area contributed by atoms with Crippen molar-refractivity contribution in [3.63, 3.8) is 0 Å². The topological polar surface area (TPSA) is 33.6 Å². The number of nitrogens with zero attached hydrogens (tertiary/aromatic N) is 2. The van der Waals surface area contributed by atoms with Crippen molar-refractivity contribution < 1.29 is 0 Å². The Kier molecular flexibility index (Phi) is 2.99. The molecule has 0 fully saturated rings. The number of hydrogen-bond acceptors (Lipinski definition) is 2.